The minimum atomic E-state index is -0.378. The summed E-state index contributed by atoms with van der Waals surface area (Å²) in [6.07, 6.45) is 0.802. The highest BCUT2D eigenvalue weighted by molar-refractivity contribution is 5.28. The molecule has 0 amide bonds. The molecule has 0 fully saturated rings. The van der Waals surface area contributed by atoms with Crippen molar-refractivity contribution in [2.45, 2.75) is 31.8 Å². The van der Waals surface area contributed by atoms with E-state index in [0.717, 1.165) is 12.0 Å². The molecule has 0 heterocycles. The quantitative estimate of drug-likeness (QED) is 0.791. The molecule has 0 radical (unpaired) electrons. The minimum Gasteiger partial charge on any atom is -0.320 e. The van der Waals surface area contributed by atoms with Gasteiger partial charge in [-0.05, 0) is 39.9 Å². The fourth-order valence-corrected chi connectivity index (χ4v) is 2.20. The van der Waals surface area contributed by atoms with Crippen LogP contribution < -0.4 is 5.73 Å². The van der Waals surface area contributed by atoms with Crippen LogP contribution in [0.15, 0.2) is 42.5 Å². The summed E-state index contributed by atoms with van der Waals surface area (Å²) in [4.78, 5) is 2.16. The van der Waals surface area contributed by atoms with E-state index in [2.05, 4.69) is 44.6 Å². The van der Waals surface area contributed by atoms with Crippen molar-refractivity contribution in [2.24, 2.45) is 5.73 Å². The SMILES string of the molecule is C=C(C)CC(N)(c1ccccc1)C(C)N(C)C. The Labute approximate surface area is 105 Å². The van der Waals surface area contributed by atoms with Gasteiger partial charge in [0.15, 0.2) is 0 Å². The molecule has 2 atom stereocenters. The maximum atomic E-state index is 6.66. The molecule has 0 saturated heterocycles. The van der Waals surface area contributed by atoms with Crippen molar-refractivity contribution in [3.63, 3.8) is 0 Å². The molecule has 1 aromatic carbocycles. The summed E-state index contributed by atoms with van der Waals surface area (Å²) < 4.78 is 0. The lowest BCUT2D eigenvalue weighted by molar-refractivity contribution is 0.190. The third-order valence-corrected chi connectivity index (χ3v) is 3.43. The topological polar surface area (TPSA) is 29.3 Å². The van der Waals surface area contributed by atoms with Crippen molar-refractivity contribution in [2.75, 3.05) is 14.1 Å². The summed E-state index contributed by atoms with van der Waals surface area (Å²) in [5, 5.41) is 0. The van der Waals surface area contributed by atoms with Crippen molar-refractivity contribution in [1.29, 1.82) is 0 Å². The lowest BCUT2D eigenvalue weighted by Gasteiger charge is -2.40. The summed E-state index contributed by atoms with van der Waals surface area (Å²) in [5.74, 6) is 0. The first-order valence-electron chi connectivity index (χ1n) is 6.03. The summed E-state index contributed by atoms with van der Waals surface area (Å²) in [6.45, 7) is 8.21. The number of rotatable bonds is 5. The number of nitrogens with zero attached hydrogens (tertiary/aromatic N) is 1. The van der Waals surface area contributed by atoms with Gasteiger partial charge >= 0.3 is 0 Å². The molecule has 0 aliphatic heterocycles. The average Bonchev–Trinajstić information content (AvgIpc) is 2.28. The van der Waals surface area contributed by atoms with Crippen molar-refractivity contribution in [3.8, 4) is 0 Å². The van der Waals surface area contributed by atoms with Gasteiger partial charge < -0.3 is 10.6 Å². The van der Waals surface area contributed by atoms with Gasteiger partial charge in [-0.1, -0.05) is 35.9 Å². The van der Waals surface area contributed by atoms with Crippen molar-refractivity contribution in [1.82, 2.24) is 4.90 Å². The molecule has 0 aliphatic rings. The van der Waals surface area contributed by atoms with Crippen LogP contribution in [0.3, 0.4) is 0 Å². The summed E-state index contributed by atoms with van der Waals surface area (Å²) in [7, 11) is 4.13. The van der Waals surface area contributed by atoms with E-state index in [4.69, 9.17) is 5.73 Å². The fourth-order valence-electron chi connectivity index (χ4n) is 2.20. The molecule has 2 heteroatoms. The standard InChI is InChI=1S/C15H24N2/c1-12(2)11-15(16,13(3)17(4)5)14-9-7-6-8-10-14/h6-10,13H,1,11,16H2,2-5H3. The zero-order valence-electron chi connectivity index (χ0n) is 11.4. The first kappa shape index (κ1) is 13.9. The van der Waals surface area contributed by atoms with Crippen molar-refractivity contribution in [3.05, 3.63) is 48.0 Å². The number of hydrogen-bond donors (Lipinski definition) is 1. The molecule has 2 N–H and O–H groups in total. The van der Waals surface area contributed by atoms with Crippen LogP contribution in [0.1, 0.15) is 25.8 Å². The summed E-state index contributed by atoms with van der Waals surface area (Å²) in [6, 6.07) is 10.5. The molecule has 17 heavy (non-hydrogen) atoms. The zero-order valence-corrected chi connectivity index (χ0v) is 11.4. The summed E-state index contributed by atoms with van der Waals surface area (Å²) in [5.41, 5.74) is 8.57. The Morgan fingerprint density at radius 2 is 1.88 bits per heavy atom. The second-order valence-corrected chi connectivity index (χ2v) is 5.18. The molecule has 0 bridgehead atoms. The molecule has 0 spiro atoms. The maximum Gasteiger partial charge on any atom is 0.0601 e. The molecule has 1 aromatic rings. The Balaban J connectivity index is 3.15. The maximum absolute atomic E-state index is 6.66. The van der Waals surface area contributed by atoms with E-state index in [9.17, 15) is 0 Å². The minimum absolute atomic E-state index is 0.251. The normalized spacial score (nSPS) is 16.6. The number of nitrogens with two attached hydrogens (primary N) is 1. The molecule has 0 aliphatic carbocycles. The van der Waals surface area contributed by atoms with Gasteiger partial charge in [0.05, 0.1) is 5.54 Å². The number of likely N-dealkylation sites (N-methyl/N-ethyl adjacent to an activating group) is 1. The van der Waals surface area contributed by atoms with Crippen LogP contribution in [-0.4, -0.2) is 25.0 Å². The smallest absolute Gasteiger partial charge is 0.0601 e. The summed E-state index contributed by atoms with van der Waals surface area (Å²) >= 11 is 0. The van der Waals surface area contributed by atoms with Gasteiger partial charge in [0.1, 0.15) is 0 Å². The Bertz CT molecular complexity index is 370. The average molecular weight is 232 g/mol. The molecule has 2 nitrogen and oxygen atoms in total. The van der Waals surface area contributed by atoms with Crippen LogP contribution >= 0.6 is 0 Å². The first-order valence-corrected chi connectivity index (χ1v) is 6.03. The van der Waals surface area contributed by atoms with Crippen LogP contribution in [0.4, 0.5) is 0 Å². The third-order valence-electron chi connectivity index (χ3n) is 3.43. The fraction of sp³-hybridized carbons (Fsp3) is 0.467. The van der Waals surface area contributed by atoms with Crippen LogP contribution in [0.2, 0.25) is 0 Å². The monoisotopic (exact) mass is 232 g/mol. The van der Waals surface area contributed by atoms with Gasteiger partial charge in [0.25, 0.3) is 0 Å². The molecule has 0 saturated carbocycles. The highest BCUT2D eigenvalue weighted by Crippen LogP contribution is 2.30. The molecule has 2 unspecified atom stereocenters. The van der Waals surface area contributed by atoms with E-state index in [1.54, 1.807) is 0 Å². The van der Waals surface area contributed by atoms with Gasteiger partial charge in [-0.25, -0.2) is 0 Å². The first-order chi connectivity index (χ1) is 7.88. The van der Waals surface area contributed by atoms with Crippen LogP contribution in [0.25, 0.3) is 0 Å². The van der Waals surface area contributed by atoms with Crippen LogP contribution in [0, 0.1) is 0 Å². The van der Waals surface area contributed by atoms with E-state index >= 15 is 0 Å². The van der Waals surface area contributed by atoms with Gasteiger partial charge in [0, 0.05) is 6.04 Å². The van der Waals surface area contributed by atoms with E-state index in [1.807, 2.05) is 25.1 Å². The van der Waals surface area contributed by atoms with Crippen LogP contribution in [0.5, 0.6) is 0 Å². The highest BCUT2D eigenvalue weighted by atomic mass is 15.1. The van der Waals surface area contributed by atoms with E-state index in [0.29, 0.717) is 0 Å². The predicted molar refractivity (Wildman–Crippen MR) is 74.9 cm³/mol. The Hall–Kier alpha value is -1.12. The van der Waals surface area contributed by atoms with Gasteiger partial charge in [0.2, 0.25) is 0 Å². The Morgan fingerprint density at radius 1 is 1.35 bits per heavy atom. The molecular formula is C15H24N2. The molecular weight excluding hydrogens is 208 g/mol. The number of hydrogen-bond acceptors (Lipinski definition) is 2. The van der Waals surface area contributed by atoms with E-state index in [-0.39, 0.29) is 11.6 Å². The van der Waals surface area contributed by atoms with Gasteiger partial charge in [-0.15, -0.1) is 6.58 Å². The Morgan fingerprint density at radius 3 is 2.29 bits per heavy atom. The van der Waals surface area contributed by atoms with Crippen molar-refractivity contribution >= 4 is 0 Å². The van der Waals surface area contributed by atoms with E-state index in [1.165, 1.54) is 5.56 Å². The van der Waals surface area contributed by atoms with Crippen molar-refractivity contribution < 1.29 is 0 Å². The Kier molecular flexibility index (Phi) is 4.49. The molecule has 1 rings (SSSR count). The predicted octanol–water partition coefficient (Wildman–Crippen LogP) is 2.76. The van der Waals surface area contributed by atoms with Gasteiger partial charge in [-0.3, -0.25) is 0 Å². The molecule has 94 valence electrons. The second-order valence-electron chi connectivity index (χ2n) is 5.18. The third kappa shape index (κ3) is 3.18. The van der Waals surface area contributed by atoms with Gasteiger partial charge in [-0.2, -0.15) is 0 Å². The van der Waals surface area contributed by atoms with Crippen LogP contribution in [-0.2, 0) is 5.54 Å². The zero-order chi connectivity index (χ0) is 13.1. The lowest BCUT2D eigenvalue weighted by Crippen LogP contribution is -2.52. The molecule has 0 aromatic heterocycles. The second kappa shape index (κ2) is 5.48. The number of benzene rings is 1. The lowest BCUT2D eigenvalue weighted by atomic mass is 9.79. The van der Waals surface area contributed by atoms with E-state index < -0.39 is 0 Å². The largest absolute Gasteiger partial charge is 0.320 e. The highest BCUT2D eigenvalue weighted by Gasteiger charge is 2.34.